The van der Waals surface area contributed by atoms with Crippen LogP contribution in [-0.2, 0) is 14.3 Å². The van der Waals surface area contributed by atoms with Crippen molar-refractivity contribution in [3.63, 3.8) is 0 Å². The fourth-order valence-corrected chi connectivity index (χ4v) is 2.37. The molecule has 0 radical (unpaired) electrons. The van der Waals surface area contributed by atoms with Gasteiger partial charge in [0.2, 0.25) is 0 Å². The molecule has 2 aromatic carbocycles. The monoisotopic (exact) mass is 423 g/mol. The Bertz CT molecular complexity index is 918. The van der Waals surface area contributed by atoms with Gasteiger partial charge in [-0.15, -0.1) is 0 Å². The Morgan fingerprint density at radius 3 is 2.40 bits per heavy atom. The van der Waals surface area contributed by atoms with Crippen LogP contribution in [0.3, 0.4) is 0 Å². The van der Waals surface area contributed by atoms with E-state index in [4.69, 9.17) is 14.2 Å². The number of carbonyl (C=O) groups is 3. The van der Waals surface area contributed by atoms with Gasteiger partial charge in [0, 0.05) is 0 Å². The van der Waals surface area contributed by atoms with Crippen molar-refractivity contribution in [3.05, 3.63) is 53.6 Å². The molecule has 30 heavy (non-hydrogen) atoms. The molecule has 10 heteroatoms. The predicted octanol–water partition coefficient (Wildman–Crippen LogP) is 3.27. The Hall–Kier alpha value is -3.69. The molecule has 2 rings (SSSR count). The summed E-state index contributed by atoms with van der Waals surface area (Å²) >= 11 is 0. The molecule has 160 valence electrons. The summed E-state index contributed by atoms with van der Waals surface area (Å²) in [6.45, 7) is -1.88. The quantitative estimate of drug-likeness (QED) is 0.618. The molecule has 2 aromatic rings. The van der Waals surface area contributed by atoms with E-state index in [-0.39, 0.29) is 34.9 Å². The third-order valence-electron chi connectivity index (χ3n) is 3.65. The molecule has 0 unspecified atom stereocenters. The average molecular weight is 423 g/mol. The predicted molar refractivity (Wildman–Crippen MR) is 101 cm³/mol. The van der Waals surface area contributed by atoms with Gasteiger partial charge in [0.05, 0.1) is 30.5 Å². The number of esters is 2. The van der Waals surface area contributed by atoms with Crippen molar-refractivity contribution in [2.75, 3.05) is 25.6 Å². The van der Waals surface area contributed by atoms with Gasteiger partial charge in [-0.05, 0) is 37.3 Å². The van der Waals surface area contributed by atoms with E-state index in [1.54, 1.807) is 19.1 Å². The summed E-state index contributed by atoms with van der Waals surface area (Å²) in [6.07, 6.45) is 0. The van der Waals surface area contributed by atoms with E-state index in [2.05, 4.69) is 10.1 Å². The number of benzene rings is 2. The zero-order valence-corrected chi connectivity index (χ0v) is 16.1. The minimum absolute atomic E-state index is 0.0341. The fraction of sp³-hybridized carbons (Fsp3) is 0.250. The molecular formula is C20H19F2NO7. The molecule has 0 bridgehead atoms. The molecule has 0 spiro atoms. The van der Waals surface area contributed by atoms with Crippen LogP contribution < -0.4 is 14.8 Å². The van der Waals surface area contributed by atoms with Crippen molar-refractivity contribution in [3.8, 4) is 11.5 Å². The molecule has 0 aromatic heterocycles. The molecule has 0 saturated carbocycles. The van der Waals surface area contributed by atoms with Crippen LogP contribution in [0.5, 0.6) is 11.5 Å². The molecule has 0 atom stereocenters. The van der Waals surface area contributed by atoms with E-state index in [1.165, 1.54) is 25.3 Å². The molecule has 0 saturated heterocycles. The fourth-order valence-electron chi connectivity index (χ4n) is 2.37. The Morgan fingerprint density at radius 2 is 1.73 bits per heavy atom. The summed E-state index contributed by atoms with van der Waals surface area (Å²) in [5.41, 5.74) is 0.318. The van der Waals surface area contributed by atoms with Crippen molar-refractivity contribution >= 4 is 23.5 Å². The van der Waals surface area contributed by atoms with Crippen LogP contribution in [0.1, 0.15) is 27.6 Å². The second-order valence-electron chi connectivity index (χ2n) is 5.63. The maximum Gasteiger partial charge on any atom is 0.387 e. The number of methoxy groups -OCH3 is 1. The molecule has 0 aliphatic carbocycles. The Balaban J connectivity index is 2.00. The summed E-state index contributed by atoms with van der Waals surface area (Å²) in [5, 5.41) is 2.46. The number of rotatable bonds is 9. The normalized spacial score (nSPS) is 10.3. The first-order chi connectivity index (χ1) is 14.3. The van der Waals surface area contributed by atoms with E-state index in [0.717, 1.165) is 12.1 Å². The highest BCUT2D eigenvalue weighted by molar-refractivity contribution is 6.02. The largest absolute Gasteiger partial charge is 0.493 e. The van der Waals surface area contributed by atoms with Gasteiger partial charge in [-0.25, -0.2) is 9.59 Å². The highest BCUT2D eigenvalue weighted by atomic mass is 19.3. The molecule has 1 N–H and O–H groups in total. The highest BCUT2D eigenvalue weighted by Gasteiger charge is 2.17. The number of amides is 1. The number of halogens is 2. The van der Waals surface area contributed by atoms with Crippen LogP contribution in [0.15, 0.2) is 42.5 Å². The van der Waals surface area contributed by atoms with E-state index in [9.17, 15) is 23.2 Å². The van der Waals surface area contributed by atoms with Gasteiger partial charge in [-0.3, -0.25) is 4.79 Å². The minimum atomic E-state index is -3.06. The van der Waals surface area contributed by atoms with E-state index in [0.29, 0.717) is 0 Å². The lowest BCUT2D eigenvalue weighted by Crippen LogP contribution is -2.22. The lowest BCUT2D eigenvalue weighted by molar-refractivity contribution is -0.119. The number of anilines is 1. The highest BCUT2D eigenvalue weighted by Crippen LogP contribution is 2.29. The van der Waals surface area contributed by atoms with E-state index >= 15 is 0 Å². The van der Waals surface area contributed by atoms with Crippen molar-refractivity contribution in [1.29, 1.82) is 0 Å². The Kier molecular flexibility index (Phi) is 8.09. The SMILES string of the molecule is CCOC(=O)c1ccccc1NC(=O)COC(=O)c1ccc(OC(F)F)c(OC)c1. The third kappa shape index (κ3) is 6.16. The lowest BCUT2D eigenvalue weighted by Gasteiger charge is -2.12. The van der Waals surface area contributed by atoms with E-state index < -0.39 is 31.1 Å². The zero-order valence-electron chi connectivity index (χ0n) is 16.1. The van der Waals surface area contributed by atoms with Gasteiger partial charge >= 0.3 is 18.6 Å². The number of carbonyl (C=O) groups excluding carboxylic acids is 3. The van der Waals surface area contributed by atoms with Crippen LogP contribution in [0.2, 0.25) is 0 Å². The van der Waals surface area contributed by atoms with Crippen molar-refractivity contribution in [2.45, 2.75) is 13.5 Å². The van der Waals surface area contributed by atoms with E-state index in [1.807, 2.05) is 0 Å². The minimum Gasteiger partial charge on any atom is -0.493 e. The van der Waals surface area contributed by atoms with Crippen molar-refractivity contribution < 1.29 is 42.1 Å². The molecule has 8 nitrogen and oxygen atoms in total. The average Bonchev–Trinajstić information content (AvgIpc) is 2.72. The second kappa shape index (κ2) is 10.7. The van der Waals surface area contributed by atoms with Gasteiger partial charge < -0.3 is 24.3 Å². The van der Waals surface area contributed by atoms with Crippen LogP contribution in [0.25, 0.3) is 0 Å². The maximum absolute atomic E-state index is 12.4. The third-order valence-corrected chi connectivity index (χ3v) is 3.65. The standard InChI is InChI=1S/C20H19F2NO7/c1-3-28-19(26)13-6-4-5-7-14(13)23-17(24)11-29-18(25)12-8-9-15(30-20(21)22)16(10-12)27-2/h4-10,20H,3,11H2,1-2H3,(H,23,24). The Morgan fingerprint density at radius 1 is 1.00 bits per heavy atom. The second-order valence-corrected chi connectivity index (χ2v) is 5.63. The van der Waals surface area contributed by atoms with Crippen LogP contribution in [-0.4, -0.2) is 44.8 Å². The van der Waals surface area contributed by atoms with Crippen LogP contribution >= 0.6 is 0 Å². The first kappa shape index (κ1) is 22.6. The molecule has 0 aliphatic heterocycles. The zero-order chi connectivity index (χ0) is 22.1. The van der Waals surface area contributed by atoms with Gasteiger partial charge in [0.15, 0.2) is 18.1 Å². The van der Waals surface area contributed by atoms with Gasteiger partial charge in [-0.1, -0.05) is 12.1 Å². The van der Waals surface area contributed by atoms with Crippen molar-refractivity contribution in [2.24, 2.45) is 0 Å². The number of alkyl halides is 2. The summed E-state index contributed by atoms with van der Waals surface area (Å²) < 4.78 is 43.7. The number of hydrogen-bond acceptors (Lipinski definition) is 7. The summed E-state index contributed by atoms with van der Waals surface area (Å²) in [5.74, 6) is -2.53. The molecule has 0 aliphatic rings. The maximum atomic E-state index is 12.4. The number of hydrogen-bond donors (Lipinski definition) is 1. The first-order valence-corrected chi connectivity index (χ1v) is 8.71. The number of ether oxygens (including phenoxy) is 4. The topological polar surface area (TPSA) is 100 Å². The Labute approximate surface area is 170 Å². The molecular weight excluding hydrogens is 404 g/mol. The molecule has 1 amide bonds. The lowest BCUT2D eigenvalue weighted by atomic mass is 10.2. The van der Waals surface area contributed by atoms with Gasteiger partial charge in [0.25, 0.3) is 5.91 Å². The van der Waals surface area contributed by atoms with Crippen LogP contribution in [0, 0.1) is 0 Å². The van der Waals surface area contributed by atoms with Crippen LogP contribution in [0.4, 0.5) is 14.5 Å². The summed E-state index contributed by atoms with van der Waals surface area (Å²) in [6, 6.07) is 9.66. The summed E-state index contributed by atoms with van der Waals surface area (Å²) in [4.78, 5) is 36.2. The molecule has 0 fully saturated rings. The first-order valence-electron chi connectivity index (χ1n) is 8.71. The smallest absolute Gasteiger partial charge is 0.387 e. The van der Waals surface area contributed by atoms with Gasteiger partial charge in [-0.2, -0.15) is 8.78 Å². The summed E-state index contributed by atoms with van der Waals surface area (Å²) in [7, 11) is 1.22. The van der Waals surface area contributed by atoms with Gasteiger partial charge in [0.1, 0.15) is 0 Å². The number of nitrogens with one attached hydrogen (secondary N) is 1. The molecule has 0 heterocycles. The van der Waals surface area contributed by atoms with Crippen molar-refractivity contribution in [1.82, 2.24) is 0 Å². The number of para-hydroxylation sites is 1.